The molecule has 0 radical (unpaired) electrons. The van der Waals surface area contributed by atoms with Crippen LogP contribution in [0.3, 0.4) is 0 Å². The second-order valence-electron chi connectivity index (χ2n) is 7.09. The summed E-state index contributed by atoms with van der Waals surface area (Å²) in [6, 6.07) is 17.3. The lowest BCUT2D eigenvalue weighted by Gasteiger charge is -2.54. The highest BCUT2D eigenvalue weighted by molar-refractivity contribution is 5.26. The topological polar surface area (TPSA) is 121 Å². The van der Waals surface area contributed by atoms with Crippen LogP contribution in [0.4, 0.5) is 0 Å². The van der Waals surface area contributed by atoms with Crippen LogP contribution < -0.4 is 0 Å². The van der Waals surface area contributed by atoms with Gasteiger partial charge in [-0.3, -0.25) is 0 Å². The van der Waals surface area contributed by atoms with Gasteiger partial charge in [-0.2, -0.15) is 0 Å². The van der Waals surface area contributed by atoms with Crippen molar-refractivity contribution >= 4 is 0 Å². The van der Waals surface area contributed by atoms with Crippen LogP contribution in [0.1, 0.15) is 11.1 Å². The summed E-state index contributed by atoms with van der Waals surface area (Å²) in [5.74, 6) is 0. The lowest BCUT2D eigenvalue weighted by atomic mass is 9.64. The average Bonchev–Trinajstić information content (AvgIpc) is 2.66. The smallest absolute Gasteiger partial charge is 0.126 e. The Labute approximate surface area is 151 Å². The first-order chi connectivity index (χ1) is 12.3. The Balaban J connectivity index is 1.97. The maximum absolute atomic E-state index is 11.0. The monoisotopic (exact) mass is 360 g/mol. The fourth-order valence-electron chi connectivity index (χ4n) is 3.77. The summed E-state index contributed by atoms with van der Waals surface area (Å²) in [6.07, 6.45) is -7.76. The first-order valence-corrected chi connectivity index (χ1v) is 8.54. The van der Waals surface area contributed by atoms with Gasteiger partial charge in [-0.1, -0.05) is 60.7 Å². The normalized spacial score (nSPS) is 37.5. The number of hydrogen-bond donors (Lipinski definition) is 6. The quantitative estimate of drug-likeness (QED) is 0.433. The fraction of sp³-hybridized carbons (Fsp3) is 0.400. The molecular weight excluding hydrogens is 336 g/mol. The molecule has 3 rings (SSSR count). The Kier molecular flexibility index (Phi) is 5.16. The van der Waals surface area contributed by atoms with Gasteiger partial charge >= 0.3 is 0 Å². The van der Waals surface area contributed by atoms with Crippen molar-refractivity contribution in [1.82, 2.24) is 0 Å². The van der Waals surface area contributed by atoms with Crippen LogP contribution in [0, 0.1) is 0 Å². The second-order valence-corrected chi connectivity index (χ2v) is 7.09. The van der Waals surface area contributed by atoms with E-state index >= 15 is 0 Å². The summed E-state index contributed by atoms with van der Waals surface area (Å²) in [6.45, 7) is 0. The number of aliphatic hydroxyl groups is 6. The molecule has 140 valence electrons. The molecule has 0 aliphatic heterocycles. The Morgan fingerprint density at radius 1 is 0.615 bits per heavy atom. The molecule has 0 spiro atoms. The van der Waals surface area contributed by atoms with Gasteiger partial charge in [0.15, 0.2) is 0 Å². The third-order valence-corrected chi connectivity index (χ3v) is 5.28. The average molecular weight is 360 g/mol. The summed E-state index contributed by atoms with van der Waals surface area (Å²) < 4.78 is 0. The first-order valence-electron chi connectivity index (χ1n) is 8.54. The molecule has 6 atom stereocenters. The molecule has 0 heterocycles. The molecule has 0 aromatic heterocycles. The molecule has 0 saturated heterocycles. The van der Waals surface area contributed by atoms with Crippen molar-refractivity contribution in [2.45, 2.75) is 48.5 Å². The summed E-state index contributed by atoms with van der Waals surface area (Å²) in [5.41, 5.74) is -3.25. The molecule has 6 N–H and O–H groups in total. The van der Waals surface area contributed by atoms with Crippen LogP contribution >= 0.6 is 0 Å². The predicted molar refractivity (Wildman–Crippen MR) is 94.2 cm³/mol. The van der Waals surface area contributed by atoms with Crippen molar-refractivity contribution in [2.24, 2.45) is 0 Å². The van der Waals surface area contributed by atoms with Crippen molar-refractivity contribution in [2.75, 3.05) is 0 Å². The molecule has 6 heteroatoms. The van der Waals surface area contributed by atoms with E-state index < -0.39 is 35.6 Å². The highest BCUT2D eigenvalue weighted by atomic mass is 16.4. The maximum Gasteiger partial charge on any atom is 0.126 e. The maximum atomic E-state index is 11.0. The van der Waals surface area contributed by atoms with Gasteiger partial charge in [0, 0.05) is 12.8 Å². The predicted octanol–water partition coefficient (Wildman–Crippen LogP) is -0.609. The van der Waals surface area contributed by atoms with Crippen molar-refractivity contribution in [3.8, 4) is 0 Å². The zero-order valence-electron chi connectivity index (χ0n) is 14.2. The van der Waals surface area contributed by atoms with Gasteiger partial charge in [0.05, 0.1) is 0 Å². The Morgan fingerprint density at radius 3 is 1.31 bits per heavy atom. The van der Waals surface area contributed by atoms with Gasteiger partial charge in [-0.25, -0.2) is 0 Å². The van der Waals surface area contributed by atoms with Crippen molar-refractivity contribution < 1.29 is 30.6 Å². The van der Waals surface area contributed by atoms with E-state index in [1.54, 1.807) is 60.7 Å². The standard InChI is InChI=1S/C20H24O6/c21-15-16(22)19(25,11-13-7-3-1-4-8-13)18(24)20(26,17(15)23)12-14-9-5-2-6-10-14/h1-10,15-18,21-26H,11-12H2/t15-,16-,17+,18-,19-,20-/m0/s1. The lowest BCUT2D eigenvalue weighted by Crippen LogP contribution is -2.77. The molecule has 2 aromatic rings. The Bertz CT molecular complexity index is 662. The molecule has 0 bridgehead atoms. The Morgan fingerprint density at radius 2 is 0.962 bits per heavy atom. The van der Waals surface area contributed by atoms with Crippen LogP contribution in [0.25, 0.3) is 0 Å². The van der Waals surface area contributed by atoms with Crippen LogP contribution in [0.2, 0.25) is 0 Å². The fourth-order valence-corrected chi connectivity index (χ4v) is 3.77. The van der Waals surface area contributed by atoms with E-state index in [2.05, 4.69) is 0 Å². The zero-order valence-corrected chi connectivity index (χ0v) is 14.2. The minimum absolute atomic E-state index is 0.197. The van der Waals surface area contributed by atoms with Gasteiger partial charge in [0.1, 0.15) is 35.6 Å². The largest absolute Gasteiger partial charge is 0.387 e. The molecule has 1 saturated carbocycles. The zero-order chi connectivity index (χ0) is 18.9. The number of hydrogen-bond acceptors (Lipinski definition) is 6. The number of benzene rings is 2. The highest BCUT2D eigenvalue weighted by Crippen LogP contribution is 2.40. The second kappa shape index (κ2) is 7.08. The van der Waals surface area contributed by atoms with Gasteiger partial charge in [0.25, 0.3) is 0 Å². The SMILES string of the molecule is O[C@@H]1[C@@H](O)[C@@](O)(Cc2ccccc2)[C@@H](O)[C@](O)(Cc2ccccc2)[C@H]1O. The van der Waals surface area contributed by atoms with Gasteiger partial charge in [-0.05, 0) is 11.1 Å². The van der Waals surface area contributed by atoms with E-state index in [1.807, 2.05) is 0 Å². The molecule has 1 aliphatic carbocycles. The lowest BCUT2D eigenvalue weighted by molar-refractivity contribution is -0.304. The summed E-state index contributed by atoms with van der Waals surface area (Å²) in [4.78, 5) is 0. The Hall–Kier alpha value is -1.80. The van der Waals surface area contributed by atoms with Gasteiger partial charge < -0.3 is 30.6 Å². The van der Waals surface area contributed by atoms with Crippen LogP contribution in [0.15, 0.2) is 60.7 Å². The van der Waals surface area contributed by atoms with E-state index in [0.29, 0.717) is 11.1 Å². The van der Waals surface area contributed by atoms with E-state index in [0.717, 1.165) is 0 Å². The number of aliphatic hydroxyl groups excluding tert-OH is 4. The molecule has 1 fully saturated rings. The molecule has 1 aliphatic rings. The van der Waals surface area contributed by atoms with E-state index in [9.17, 15) is 30.6 Å². The number of rotatable bonds is 4. The van der Waals surface area contributed by atoms with Crippen molar-refractivity contribution in [3.63, 3.8) is 0 Å². The van der Waals surface area contributed by atoms with Crippen LogP contribution in [0.5, 0.6) is 0 Å². The highest BCUT2D eigenvalue weighted by Gasteiger charge is 2.64. The summed E-state index contributed by atoms with van der Waals surface area (Å²) in [5, 5.41) is 63.9. The minimum atomic E-state index is -2.23. The van der Waals surface area contributed by atoms with Crippen LogP contribution in [-0.4, -0.2) is 66.3 Å². The van der Waals surface area contributed by atoms with E-state index in [-0.39, 0.29) is 12.8 Å². The molecule has 0 unspecified atom stereocenters. The van der Waals surface area contributed by atoms with Gasteiger partial charge in [-0.15, -0.1) is 0 Å². The third-order valence-electron chi connectivity index (χ3n) is 5.28. The molecule has 0 amide bonds. The molecular formula is C20H24O6. The molecule has 2 aromatic carbocycles. The van der Waals surface area contributed by atoms with Crippen molar-refractivity contribution in [1.29, 1.82) is 0 Å². The third kappa shape index (κ3) is 3.16. The summed E-state index contributed by atoms with van der Waals surface area (Å²) >= 11 is 0. The van der Waals surface area contributed by atoms with Crippen LogP contribution in [-0.2, 0) is 12.8 Å². The molecule has 26 heavy (non-hydrogen) atoms. The van der Waals surface area contributed by atoms with E-state index in [1.165, 1.54) is 0 Å². The van der Waals surface area contributed by atoms with E-state index in [4.69, 9.17) is 0 Å². The first kappa shape index (κ1) is 19.0. The van der Waals surface area contributed by atoms with Gasteiger partial charge in [0.2, 0.25) is 0 Å². The van der Waals surface area contributed by atoms with Crippen molar-refractivity contribution in [3.05, 3.63) is 71.8 Å². The molecule has 6 nitrogen and oxygen atoms in total. The minimum Gasteiger partial charge on any atom is -0.387 e. The summed E-state index contributed by atoms with van der Waals surface area (Å²) in [7, 11) is 0.